The van der Waals surface area contributed by atoms with Crippen LogP contribution in [0, 0.1) is 0 Å². The molecular formula is C18H16N2O4. The minimum absolute atomic E-state index is 0.150. The van der Waals surface area contributed by atoms with Crippen LogP contribution in [0.3, 0.4) is 0 Å². The molecule has 0 aliphatic carbocycles. The molecule has 1 aliphatic heterocycles. The minimum Gasteiger partial charge on any atom is -0.842 e. The van der Waals surface area contributed by atoms with Gasteiger partial charge in [0.25, 0.3) is 5.65 Å². The van der Waals surface area contributed by atoms with Crippen molar-refractivity contribution in [1.29, 1.82) is 0 Å². The van der Waals surface area contributed by atoms with E-state index < -0.39 is 6.29 Å². The Balaban J connectivity index is 1.97. The Morgan fingerprint density at radius 1 is 1.08 bits per heavy atom. The molecule has 2 aromatic heterocycles. The highest BCUT2D eigenvalue weighted by atomic mass is 16.7. The van der Waals surface area contributed by atoms with Gasteiger partial charge in [-0.25, -0.2) is 9.36 Å². The maximum Gasteiger partial charge on any atom is 0.349 e. The van der Waals surface area contributed by atoms with Crippen LogP contribution < -0.4 is 15.2 Å². The second kappa shape index (κ2) is 6.07. The maximum atomic E-state index is 13.0. The molecule has 1 fully saturated rings. The van der Waals surface area contributed by atoms with Gasteiger partial charge in [-0.2, -0.15) is 4.40 Å². The molecule has 3 heterocycles. The van der Waals surface area contributed by atoms with Crippen LogP contribution in [-0.4, -0.2) is 23.9 Å². The van der Waals surface area contributed by atoms with Crippen LogP contribution in [0.15, 0.2) is 59.5 Å². The van der Waals surface area contributed by atoms with E-state index in [0.717, 1.165) is 0 Å². The van der Waals surface area contributed by atoms with Gasteiger partial charge < -0.3 is 14.6 Å². The van der Waals surface area contributed by atoms with Gasteiger partial charge in [-0.05, 0) is 11.6 Å². The summed E-state index contributed by atoms with van der Waals surface area (Å²) in [6.07, 6.45) is 1.18. The zero-order valence-corrected chi connectivity index (χ0v) is 12.9. The Morgan fingerprint density at radius 3 is 2.54 bits per heavy atom. The Labute approximate surface area is 138 Å². The first-order valence-electron chi connectivity index (χ1n) is 7.78. The van der Waals surface area contributed by atoms with Gasteiger partial charge in [0.05, 0.1) is 25.3 Å². The zero-order chi connectivity index (χ0) is 16.5. The largest absolute Gasteiger partial charge is 0.842 e. The van der Waals surface area contributed by atoms with Gasteiger partial charge in [0.2, 0.25) is 0 Å². The Morgan fingerprint density at radius 2 is 1.79 bits per heavy atom. The third-order valence-corrected chi connectivity index (χ3v) is 4.09. The van der Waals surface area contributed by atoms with Crippen LogP contribution >= 0.6 is 0 Å². The molecule has 0 radical (unpaired) electrons. The predicted molar refractivity (Wildman–Crippen MR) is 84.4 cm³/mol. The number of benzene rings is 1. The van der Waals surface area contributed by atoms with E-state index in [2.05, 4.69) is 0 Å². The SMILES string of the molecule is O=c1c(-c2ccccc2)c([O-])[n+](CC2OCCO2)c2ccccn12. The predicted octanol–water partition coefficient (Wildman–Crippen LogP) is 0.700. The Bertz CT molecular complexity index is 931. The van der Waals surface area contributed by atoms with E-state index in [4.69, 9.17) is 9.47 Å². The third-order valence-electron chi connectivity index (χ3n) is 4.09. The van der Waals surface area contributed by atoms with E-state index in [-0.39, 0.29) is 23.5 Å². The molecule has 6 nitrogen and oxygen atoms in total. The number of hydrogen-bond donors (Lipinski definition) is 0. The monoisotopic (exact) mass is 324 g/mol. The first-order chi connectivity index (χ1) is 11.8. The molecule has 0 atom stereocenters. The summed E-state index contributed by atoms with van der Waals surface area (Å²) in [4.78, 5) is 12.8. The maximum absolute atomic E-state index is 13.0. The van der Waals surface area contributed by atoms with Crippen LogP contribution in [0.5, 0.6) is 5.88 Å². The van der Waals surface area contributed by atoms with Crippen molar-refractivity contribution in [3.8, 4) is 17.0 Å². The molecule has 1 saturated heterocycles. The van der Waals surface area contributed by atoms with Gasteiger partial charge in [-0.1, -0.05) is 36.4 Å². The van der Waals surface area contributed by atoms with Gasteiger partial charge in [-0.3, -0.25) is 0 Å². The second-order valence-corrected chi connectivity index (χ2v) is 5.56. The summed E-state index contributed by atoms with van der Waals surface area (Å²) >= 11 is 0. The van der Waals surface area contributed by atoms with Crippen molar-refractivity contribution in [3.05, 3.63) is 65.1 Å². The summed E-state index contributed by atoms with van der Waals surface area (Å²) in [6, 6.07) is 14.3. The molecule has 4 rings (SSSR count). The first-order valence-corrected chi connectivity index (χ1v) is 7.78. The van der Waals surface area contributed by atoms with Crippen LogP contribution in [0.25, 0.3) is 16.8 Å². The van der Waals surface area contributed by atoms with Crippen LogP contribution in [0.1, 0.15) is 0 Å². The molecule has 0 saturated carbocycles. The molecule has 0 N–H and O–H groups in total. The Kier molecular flexibility index (Phi) is 3.76. The van der Waals surface area contributed by atoms with Crippen LogP contribution in [0.2, 0.25) is 0 Å². The van der Waals surface area contributed by atoms with Crippen molar-refractivity contribution in [1.82, 2.24) is 4.40 Å². The fourth-order valence-electron chi connectivity index (χ4n) is 2.97. The summed E-state index contributed by atoms with van der Waals surface area (Å²) in [6.45, 7) is 1.26. The van der Waals surface area contributed by atoms with Gasteiger partial charge in [0, 0.05) is 6.07 Å². The lowest BCUT2D eigenvalue weighted by Gasteiger charge is -2.18. The number of rotatable bonds is 3. The lowest BCUT2D eigenvalue weighted by molar-refractivity contribution is -0.725. The molecule has 1 aliphatic rings. The number of fused-ring (bicyclic) bond motifs is 1. The highest BCUT2D eigenvalue weighted by Crippen LogP contribution is 2.21. The highest BCUT2D eigenvalue weighted by molar-refractivity contribution is 5.66. The van der Waals surface area contributed by atoms with Crippen molar-refractivity contribution < 1.29 is 19.1 Å². The second-order valence-electron chi connectivity index (χ2n) is 5.56. The lowest BCUT2D eigenvalue weighted by atomic mass is 10.1. The average Bonchev–Trinajstić information content (AvgIpc) is 3.13. The molecule has 3 aromatic rings. The van der Waals surface area contributed by atoms with E-state index in [1.807, 2.05) is 18.2 Å². The molecule has 122 valence electrons. The molecule has 0 spiro atoms. The zero-order valence-electron chi connectivity index (χ0n) is 12.9. The fraction of sp³-hybridized carbons (Fsp3) is 0.222. The third kappa shape index (κ3) is 2.46. The van der Waals surface area contributed by atoms with E-state index >= 15 is 0 Å². The molecule has 0 unspecified atom stereocenters. The van der Waals surface area contributed by atoms with Crippen LogP contribution in [-0.2, 0) is 16.0 Å². The van der Waals surface area contributed by atoms with Gasteiger partial charge in [0.15, 0.2) is 6.29 Å². The van der Waals surface area contributed by atoms with Crippen molar-refractivity contribution in [2.45, 2.75) is 12.8 Å². The topological polar surface area (TPSA) is 66.9 Å². The summed E-state index contributed by atoms with van der Waals surface area (Å²) in [5.41, 5.74) is 0.947. The van der Waals surface area contributed by atoms with E-state index in [9.17, 15) is 9.90 Å². The number of nitrogens with zero attached hydrogens (tertiary/aromatic N) is 2. The van der Waals surface area contributed by atoms with Crippen molar-refractivity contribution in [2.24, 2.45) is 0 Å². The summed E-state index contributed by atoms with van der Waals surface area (Å²) in [7, 11) is 0. The summed E-state index contributed by atoms with van der Waals surface area (Å²) in [5, 5.41) is 13.0. The van der Waals surface area contributed by atoms with Gasteiger partial charge in [-0.15, -0.1) is 0 Å². The number of ether oxygens (including phenoxy) is 2. The standard InChI is InChI=1S/C18H16N2O4/c21-17-16(13-6-2-1-3-7-13)18(22)20(12-15-23-10-11-24-15)14-8-4-5-9-19(14)17/h1-9,15H,10-12H2. The van der Waals surface area contributed by atoms with Crippen molar-refractivity contribution >= 4 is 5.65 Å². The molecular weight excluding hydrogens is 308 g/mol. The van der Waals surface area contributed by atoms with E-state index in [0.29, 0.717) is 24.4 Å². The normalized spacial score (nSPS) is 15.2. The van der Waals surface area contributed by atoms with E-state index in [1.54, 1.807) is 41.1 Å². The van der Waals surface area contributed by atoms with Crippen LogP contribution in [0.4, 0.5) is 0 Å². The highest BCUT2D eigenvalue weighted by Gasteiger charge is 2.24. The minimum atomic E-state index is -0.479. The number of pyridine rings is 1. The lowest BCUT2D eigenvalue weighted by Crippen LogP contribution is -2.47. The number of hydrogen-bond acceptors (Lipinski definition) is 4. The van der Waals surface area contributed by atoms with Gasteiger partial charge in [0.1, 0.15) is 12.1 Å². The van der Waals surface area contributed by atoms with Crippen molar-refractivity contribution in [2.75, 3.05) is 13.2 Å². The van der Waals surface area contributed by atoms with Crippen molar-refractivity contribution in [3.63, 3.8) is 0 Å². The van der Waals surface area contributed by atoms with Gasteiger partial charge >= 0.3 is 5.56 Å². The molecule has 1 aromatic carbocycles. The fourth-order valence-corrected chi connectivity index (χ4v) is 2.97. The van der Waals surface area contributed by atoms with E-state index in [1.165, 1.54) is 4.40 Å². The number of aromatic nitrogens is 2. The average molecular weight is 324 g/mol. The summed E-state index contributed by atoms with van der Waals surface area (Å²) < 4.78 is 14.0. The first kappa shape index (κ1) is 14.9. The Hall–Kier alpha value is -2.70. The molecule has 0 amide bonds. The quantitative estimate of drug-likeness (QED) is 0.665. The smallest absolute Gasteiger partial charge is 0.349 e. The molecule has 0 bridgehead atoms. The summed E-state index contributed by atoms with van der Waals surface area (Å²) in [5.74, 6) is -0.337. The molecule has 24 heavy (non-hydrogen) atoms. The molecule has 6 heteroatoms.